The van der Waals surface area contributed by atoms with Crippen molar-refractivity contribution in [2.24, 2.45) is 5.92 Å². The van der Waals surface area contributed by atoms with E-state index in [-0.39, 0.29) is 0 Å². The Morgan fingerprint density at radius 2 is 1.15 bits per heavy atom. The van der Waals surface area contributed by atoms with Crippen LogP contribution in [0.2, 0.25) is 0 Å². The van der Waals surface area contributed by atoms with Gasteiger partial charge in [-0.15, -0.1) is 0 Å². The van der Waals surface area contributed by atoms with Crippen LogP contribution in [-0.4, -0.2) is 6.61 Å². The molecule has 1 nitrogen and oxygen atoms in total. The summed E-state index contributed by atoms with van der Waals surface area (Å²) in [5, 5.41) is 0. The second-order valence-electron chi connectivity index (χ2n) is 6.58. The normalized spacial score (nSPS) is 14.8. The number of hydrogen-bond donors (Lipinski definition) is 0. The fourth-order valence-electron chi connectivity index (χ4n) is 2.91. The van der Waals surface area contributed by atoms with Gasteiger partial charge in [0.05, 0.1) is 6.61 Å². The average Bonchev–Trinajstić information content (AvgIpc) is 3.27. The molecule has 0 aromatic rings. The zero-order valence-electron chi connectivity index (χ0n) is 13.9. The number of ether oxygens (including phenoxy) is 1. The van der Waals surface area contributed by atoms with Gasteiger partial charge in [0, 0.05) is 6.61 Å². The summed E-state index contributed by atoms with van der Waals surface area (Å²) in [6.07, 6.45) is 21.8. The third kappa shape index (κ3) is 13.0. The molecule has 20 heavy (non-hydrogen) atoms. The summed E-state index contributed by atoms with van der Waals surface area (Å²) in [5.41, 5.74) is 0. The molecule has 0 spiro atoms. The summed E-state index contributed by atoms with van der Waals surface area (Å²) in [4.78, 5) is 0. The highest BCUT2D eigenvalue weighted by atomic mass is 16.5. The maximum absolute atomic E-state index is 5.22. The molecule has 0 heterocycles. The van der Waals surface area contributed by atoms with Crippen LogP contribution in [0.3, 0.4) is 0 Å². The molecule has 0 N–H and O–H groups in total. The Hall–Kier alpha value is -0.0400. The topological polar surface area (TPSA) is 9.23 Å². The molecular weight excluding hydrogens is 244 g/mol. The third-order valence-corrected chi connectivity index (χ3v) is 4.49. The Kier molecular flexibility index (Phi) is 12.5. The van der Waals surface area contributed by atoms with Gasteiger partial charge in [0.15, 0.2) is 0 Å². The van der Waals surface area contributed by atoms with Crippen molar-refractivity contribution in [3.63, 3.8) is 0 Å². The van der Waals surface area contributed by atoms with Gasteiger partial charge >= 0.3 is 0 Å². The predicted molar refractivity (Wildman–Crippen MR) is 88.7 cm³/mol. The highest BCUT2D eigenvalue weighted by Crippen LogP contribution is 2.34. The second-order valence-corrected chi connectivity index (χ2v) is 6.58. The van der Waals surface area contributed by atoms with Crippen LogP contribution in [-0.2, 0) is 4.74 Å². The van der Waals surface area contributed by atoms with Gasteiger partial charge in [-0.05, 0) is 19.3 Å². The number of rotatable bonds is 16. The highest BCUT2D eigenvalue weighted by Gasteiger charge is 2.19. The Balaban J connectivity index is 1.60. The van der Waals surface area contributed by atoms with Gasteiger partial charge in [0.2, 0.25) is 0 Å². The highest BCUT2D eigenvalue weighted by molar-refractivity contribution is 4.72. The van der Waals surface area contributed by atoms with Gasteiger partial charge in [-0.1, -0.05) is 89.9 Å². The molecule has 119 valence electrons. The quantitative estimate of drug-likeness (QED) is 0.287. The molecule has 1 heteroatoms. The molecule has 0 aromatic heterocycles. The molecule has 0 unspecified atom stereocenters. The van der Waals surface area contributed by atoms with E-state index in [0.29, 0.717) is 0 Å². The summed E-state index contributed by atoms with van der Waals surface area (Å²) in [7, 11) is 0. The first-order valence-corrected chi connectivity index (χ1v) is 9.33. The summed E-state index contributed by atoms with van der Waals surface area (Å²) >= 11 is 0. The molecule has 1 aliphatic rings. The lowest BCUT2D eigenvalue weighted by atomic mass is 10.0. The van der Waals surface area contributed by atoms with E-state index in [1.807, 2.05) is 6.92 Å². The fourth-order valence-corrected chi connectivity index (χ4v) is 2.91. The largest absolute Gasteiger partial charge is 0.376 e. The lowest BCUT2D eigenvalue weighted by Crippen LogP contribution is -1.89. The summed E-state index contributed by atoms with van der Waals surface area (Å²) in [6, 6.07) is 0. The van der Waals surface area contributed by atoms with E-state index in [4.69, 9.17) is 4.74 Å². The molecule has 0 atom stereocenters. The molecule has 0 saturated heterocycles. The van der Waals surface area contributed by atoms with Gasteiger partial charge in [0.25, 0.3) is 0 Å². The van der Waals surface area contributed by atoms with Crippen LogP contribution in [0.5, 0.6) is 0 Å². The van der Waals surface area contributed by atoms with E-state index < -0.39 is 0 Å². The van der Waals surface area contributed by atoms with Crippen molar-refractivity contribution < 1.29 is 4.74 Å². The van der Waals surface area contributed by atoms with Gasteiger partial charge in [-0.3, -0.25) is 0 Å². The maximum Gasteiger partial charge on any atom is 0.0805 e. The van der Waals surface area contributed by atoms with Gasteiger partial charge < -0.3 is 4.74 Å². The number of hydrogen-bond acceptors (Lipinski definition) is 1. The zero-order valence-corrected chi connectivity index (χ0v) is 13.9. The van der Waals surface area contributed by atoms with Crippen molar-refractivity contribution in [1.82, 2.24) is 0 Å². The fraction of sp³-hybridized carbons (Fsp3) is 0.947. The van der Waals surface area contributed by atoms with Crippen LogP contribution in [0, 0.1) is 12.5 Å². The lowest BCUT2D eigenvalue weighted by Gasteiger charge is -2.03. The van der Waals surface area contributed by atoms with Crippen molar-refractivity contribution in [2.75, 3.05) is 6.61 Å². The molecule has 1 rings (SSSR count). The van der Waals surface area contributed by atoms with Crippen molar-refractivity contribution >= 4 is 0 Å². The van der Waals surface area contributed by atoms with Crippen LogP contribution in [0.4, 0.5) is 0 Å². The molecule has 1 saturated carbocycles. The molecule has 0 aromatic carbocycles. The van der Waals surface area contributed by atoms with Crippen molar-refractivity contribution in [3.8, 4) is 0 Å². The molecule has 0 amide bonds. The van der Waals surface area contributed by atoms with Gasteiger partial charge in [-0.2, -0.15) is 0 Å². The summed E-state index contributed by atoms with van der Waals surface area (Å²) < 4.78 is 5.22. The van der Waals surface area contributed by atoms with Gasteiger partial charge in [-0.25, -0.2) is 0 Å². The van der Waals surface area contributed by atoms with Crippen LogP contribution < -0.4 is 0 Å². The molecule has 1 aliphatic carbocycles. The standard InChI is InChI=1S/C19H37O/c1-2-20-18-14-12-10-8-6-4-3-5-7-9-11-13-15-19-16-17-19/h2,19H,3-18H2,1H3. The monoisotopic (exact) mass is 281 g/mol. The Labute approximate surface area is 127 Å². The van der Waals surface area contributed by atoms with E-state index in [1.165, 1.54) is 96.3 Å². The zero-order chi connectivity index (χ0) is 14.3. The lowest BCUT2D eigenvalue weighted by molar-refractivity contribution is 0.197. The minimum atomic E-state index is 0.914. The average molecular weight is 282 g/mol. The summed E-state index contributed by atoms with van der Waals surface area (Å²) in [5.74, 6) is 1.14. The first-order valence-electron chi connectivity index (χ1n) is 9.33. The summed E-state index contributed by atoms with van der Waals surface area (Å²) in [6.45, 7) is 4.66. The van der Waals surface area contributed by atoms with E-state index in [1.54, 1.807) is 6.61 Å². The first-order chi connectivity index (χ1) is 9.93. The minimum Gasteiger partial charge on any atom is -0.376 e. The van der Waals surface area contributed by atoms with Crippen LogP contribution >= 0.6 is 0 Å². The Morgan fingerprint density at radius 3 is 1.60 bits per heavy atom. The van der Waals surface area contributed by atoms with E-state index in [9.17, 15) is 0 Å². The molecule has 1 fully saturated rings. The van der Waals surface area contributed by atoms with Gasteiger partial charge in [0.1, 0.15) is 0 Å². The van der Waals surface area contributed by atoms with E-state index >= 15 is 0 Å². The third-order valence-electron chi connectivity index (χ3n) is 4.49. The van der Waals surface area contributed by atoms with Crippen molar-refractivity contribution in [2.45, 2.75) is 103 Å². The SMILES string of the molecule is C[CH]OCCCCCCCCCCCCCCC1CC1. The van der Waals surface area contributed by atoms with Crippen molar-refractivity contribution in [1.29, 1.82) is 0 Å². The predicted octanol–water partition coefficient (Wildman–Crippen LogP) is 6.67. The molecule has 0 aliphatic heterocycles. The molecular formula is C19H37O. The van der Waals surface area contributed by atoms with E-state index in [2.05, 4.69) is 0 Å². The maximum atomic E-state index is 5.22. The van der Waals surface area contributed by atoms with Crippen molar-refractivity contribution in [3.05, 3.63) is 6.61 Å². The Bertz CT molecular complexity index is 186. The number of unbranched alkanes of at least 4 members (excludes halogenated alkanes) is 11. The Morgan fingerprint density at radius 1 is 0.700 bits per heavy atom. The minimum absolute atomic E-state index is 0.914. The van der Waals surface area contributed by atoms with E-state index in [0.717, 1.165) is 12.5 Å². The molecule has 0 bridgehead atoms. The van der Waals surface area contributed by atoms with Crippen LogP contribution in [0.1, 0.15) is 103 Å². The second kappa shape index (κ2) is 13.9. The molecule has 1 radical (unpaired) electrons. The van der Waals surface area contributed by atoms with Crippen LogP contribution in [0.15, 0.2) is 0 Å². The van der Waals surface area contributed by atoms with Crippen LogP contribution in [0.25, 0.3) is 0 Å². The first kappa shape index (κ1) is 18.0. The smallest absolute Gasteiger partial charge is 0.0805 e.